The number of carbonyl (C=O) groups is 2. The number of carbonyl (C=O) groups excluding carboxylic acids is 2. The van der Waals surface area contributed by atoms with Crippen molar-refractivity contribution in [1.82, 2.24) is 14.8 Å². The summed E-state index contributed by atoms with van der Waals surface area (Å²) in [6, 6.07) is 15.2. The summed E-state index contributed by atoms with van der Waals surface area (Å²) >= 11 is 6.52. The SMILES string of the molecule is CCCOC(=O)N1CCN(C(=O)c2ccc3c(Cl)cc(-c4ccc(C)cc4)nc3c2)C[C@H]1N. The van der Waals surface area contributed by atoms with Gasteiger partial charge in [0, 0.05) is 29.6 Å². The summed E-state index contributed by atoms with van der Waals surface area (Å²) in [4.78, 5) is 33.2. The van der Waals surface area contributed by atoms with Crippen LogP contribution in [0.3, 0.4) is 0 Å². The molecule has 4 rings (SSSR count). The lowest BCUT2D eigenvalue weighted by Gasteiger charge is -2.38. The number of aromatic nitrogens is 1. The van der Waals surface area contributed by atoms with Gasteiger partial charge >= 0.3 is 6.09 Å². The molecular weight excluding hydrogens is 440 g/mol. The molecule has 7 nitrogen and oxygen atoms in total. The quantitative estimate of drug-likeness (QED) is 0.613. The maximum absolute atomic E-state index is 13.2. The van der Waals surface area contributed by atoms with E-state index in [0.717, 1.165) is 28.6 Å². The molecule has 0 unspecified atom stereocenters. The van der Waals surface area contributed by atoms with Crippen LogP contribution in [0.4, 0.5) is 4.79 Å². The van der Waals surface area contributed by atoms with Crippen LogP contribution in [-0.2, 0) is 4.74 Å². The molecule has 1 aliphatic rings. The number of piperazine rings is 1. The third-order valence-electron chi connectivity index (χ3n) is 5.72. The minimum absolute atomic E-state index is 0.160. The number of amides is 2. The largest absolute Gasteiger partial charge is 0.449 e. The minimum atomic E-state index is -0.617. The topological polar surface area (TPSA) is 88.8 Å². The second-order valence-electron chi connectivity index (χ2n) is 8.21. The number of rotatable bonds is 4. The Balaban J connectivity index is 1.55. The fourth-order valence-corrected chi connectivity index (χ4v) is 4.13. The van der Waals surface area contributed by atoms with E-state index in [2.05, 4.69) is 0 Å². The van der Waals surface area contributed by atoms with Gasteiger partial charge in [-0.25, -0.2) is 9.78 Å². The molecule has 1 fully saturated rings. The molecule has 0 spiro atoms. The fraction of sp³-hybridized carbons (Fsp3) is 0.320. The van der Waals surface area contributed by atoms with Crippen molar-refractivity contribution in [1.29, 1.82) is 0 Å². The van der Waals surface area contributed by atoms with Crippen molar-refractivity contribution in [2.45, 2.75) is 26.4 Å². The molecule has 1 aliphatic heterocycles. The van der Waals surface area contributed by atoms with Crippen LogP contribution in [0.2, 0.25) is 5.02 Å². The number of hydrogen-bond acceptors (Lipinski definition) is 5. The van der Waals surface area contributed by atoms with E-state index in [0.29, 0.717) is 35.8 Å². The van der Waals surface area contributed by atoms with Gasteiger partial charge in [-0.3, -0.25) is 9.69 Å². The van der Waals surface area contributed by atoms with Gasteiger partial charge in [0.05, 0.1) is 29.4 Å². The van der Waals surface area contributed by atoms with Gasteiger partial charge in [0.15, 0.2) is 0 Å². The first-order chi connectivity index (χ1) is 15.9. The number of aryl methyl sites for hydroxylation is 1. The van der Waals surface area contributed by atoms with Gasteiger partial charge in [-0.1, -0.05) is 54.4 Å². The maximum atomic E-state index is 13.2. The minimum Gasteiger partial charge on any atom is -0.449 e. The van der Waals surface area contributed by atoms with Crippen molar-refractivity contribution in [2.75, 3.05) is 26.2 Å². The molecule has 2 amide bonds. The van der Waals surface area contributed by atoms with Crippen LogP contribution >= 0.6 is 11.6 Å². The van der Waals surface area contributed by atoms with E-state index in [1.807, 2.05) is 50.2 Å². The Kier molecular flexibility index (Phi) is 6.81. The van der Waals surface area contributed by atoms with Crippen molar-refractivity contribution in [3.63, 3.8) is 0 Å². The summed E-state index contributed by atoms with van der Waals surface area (Å²) in [5, 5.41) is 1.36. The summed E-state index contributed by atoms with van der Waals surface area (Å²) < 4.78 is 5.18. The smallest absolute Gasteiger partial charge is 0.411 e. The number of ether oxygens (including phenoxy) is 1. The van der Waals surface area contributed by atoms with E-state index in [9.17, 15) is 9.59 Å². The van der Waals surface area contributed by atoms with Gasteiger partial charge in [-0.05, 0) is 31.5 Å². The van der Waals surface area contributed by atoms with E-state index in [4.69, 9.17) is 27.1 Å². The number of fused-ring (bicyclic) bond motifs is 1. The highest BCUT2D eigenvalue weighted by atomic mass is 35.5. The zero-order valence-electron chi connectivity index (χ0n) is 18.8. The zero-order chi connectivity index (χ0) is 23.5. The van der Waals surface area contributed by atoms with E-state index in [1.54, 1.807) is 17.0 Å². The zero-order valence-corrected chi connectivity index (χ0v) is 19.5. The second-order valence-corrected chi connectivity index (χ2v) is 8.62. The summed E-state index contributed by atoms with van der Waals surface area (Å²) in [6.07, 6.45) is -0.316. The average molecular weight is 467 g/mol. The maximum Gasteiger partial charge on any atom is 0.411 e. The Hall–Kier alpha value is -3.16. The van der Waals surface area contributed by atoms with E-state index in [1.165, 1.54) is 4.90 Å². The molecule has 0 aliphatic carbocycles. The van der Waals surface area contributed by atoms with Crippen molar-refractivity contribution in [3.8, 4) is 11.3 Å². The van der Waals surface area contributed by atoms with Crippen LogP contribution in [0.25, 0.3) is 22.2 Å². The van der Waals surface area contributed by atoms with Crippen LogP contribution in [0.1, 0.15) is 29.3 Å². The second kappa shape index (κ2) is 9.77. The Bertz CT molecular complexity index is 1180. The first kappa shape index (κ1) is 23.0. The van der Waals surface area contributed by atoms with E-state index in [-0.39, 0.29) is 12.5 Å². The molecule has 0 bridgehead atoms. The molecule has 0 saturated carbocycles. The van der Waals surface area contributed by atoms with Gasteiger partial charge < -0.3 is 15.4 Å². The predicted molar refractivity (Wildman–Crippen MR) is 129 cm³/mol. The molecule has 1 aromatic heterocycles. The van der Waals surface area contributed by atoms with E-state index < -0.39 is 12.3 Å². The summed E-state index contributed by atoms with van der Waals surface area (Å²) in [5.41, 5.74) is 10.2. The normalized spacial score (nSPS) is 16.2. The van der Waals surface area contributed by atoms with Gasteiger partial charge in [0.1, 0.15) is 6.17 Å². The molecule has 0 radical (unpaired) electrons. The molecule has 1 saturated heterocycles. The Labute approximate surface area is 198 Å². The van der Waals surface area contributed by atoms with Crippen molar-refractivity contribution < 1.29 is 14.3 Å². The number of nitrogens with zero attached hydrogens (tertiary/aromatic N) is 3. The average Bonchev–Trinajstić information content (AvgIpc) is 2.82. The fourth-order valence-electron chi connectivity index (χ4n) is 3.87. The van der Waals surface area contributed by atoms with Crippen LogP contribution < -0.4 is 5.73 Å². The Morgan fingerprint density at radius 2 is 1.91 bits per heavy atom. The molecule has 2 heterocycles. The molecule has 3 aromatic rings. The van der Waals surface area contributed by atoms with Crippen molar-refractivity contribution in [3.05, 3.63) is 64.7 Å². The molecule has 1 atom stereocenters. The number of halogens is 1. The van der Waals surface area contributed by atoms with E-state index >= 15 is 0 Å². The van der Waals surface area contributed by atoms with Gasteiger partial charge in [0.25, 0.3) is 5.91 Å². The molecular formula is C25H27ClN4O3. The highest BCUT2D eigenvalue weighted by Gasteiger charge is 2.31. The highest BCUT2D eigenvalue weighted by molar-refractivity contribution is 6.35. The van der Waals surface area contributed by atoms with Crippen LogP contribution in [0, 0.1) is 6.92 Å². The first-order valence-electron chi connectivity index (χ1n) is 11.0. The summed E-state index contributed by atoms with van der Waals surface area (Å²) in [7, 11) is 0. The monoisotopic (exact) mass is 466 g/mol. The van der Waals surface area contributed by atoms with Gasteiger partial charge in [-0.15, -0.1) is 0 Å². The van der Waals surface area contributed by atoms with Gasteiger partial charge in [0.2, 0.25) is 0 Å². The third-order valence-corrected chi connectivity index (χ3v) is 6.04. The lowest BCUT2D eigenvalue weighted by molar-refractivity contribution is 0.0390. The standard InChI is InChI=1S/C25H27ClN4O3/c1-3-12-33-25(32)30-11-10-29(15-23(30)27)24(31)18-8-9-19-20(26)14-21(28-22(19)13-18)17-6-4-16(2)5-7-17/h4-9,13-14,23H,3,10-12,15,27H2,1-2H3/t23-/m0/s1. The third kappa shape index (κ3) is 4.94. The lowest BCUT2D eigenvalue weighted by Crippen LogP contribution is -2.60. The number of benzene rings is 2. The van der Waals surface area contributed by atoms with Gasteiger partial charge in [-0.2, -0.15) is 0 Å². The summed E-state index contributed by atoms with van der Waals surface area (Å²) in [5.74, 6) is -0.160. The number of hydrogen-bond donors (Lipinski definition) is 1. The predicted octanol–water partition coefficient (Wildman–Crippen LogP) is 4.45. The van der Waals surface area contributed by atoms with Crippen LogP contribution in [-0.4, -0.2) is 59.2 Å². The Morgan fingerprint density at radius 1 is 1.15 bits per heavy atom. The molecule has 33 heavy (non-hydrogen) atoms. The Morgan fingerprint density at radius 3 is 2.61 bits per heavy atom. The molecule has 2 N–H and O–H groups in total. The van der Waals surface area contributed by atoms with Crippen LogP contribution in [0.5, 0.6) is 0 Å². The van der Waals surface area contributed by atoms with Crippen LogP contribution in [0.15, 0.2) is 48.5 Å². The highest BCUT2D eigenvalue weighted by Crippen LogP contribution is 2.29. The molecule has 8 heteroatoms. The first-order valence-corrected chi connectivity index (χ1v) is 11.4. The lowest BCUT2D eigenvalue weighted by atomic mass is 10.1. The molecule has 2 aromatic carbocycles. The van der Waals surface area contributed by atoms with Crippen molar-refractivity contribution in [2.24, 2.45) is 5.73 Å². The molecule has 172 valence electrons. The number of nitrogens with two attached hydrogens (primary N) is 1. The number of pyridine rings is 1. The summed E-state index contributed by atoms with van der Waals surface area (Å²) in [6.45, 7) is 5.24. The van der Waals surface area contributed by atoms with Crippen molar-refractivity contribution >= 4 is 34.5 Å².